The van der Waals surface area contributed by atoms with Gasteiger partial charge in [0.15, 0.2) is 5.82 Å². The third-order valence-corrected chi connectivity index (χ3v) is 7.57. The Morgan fingerprint density at radius 2 is 1.95 bits per heavy atom. The second-order valence-corrected chi connectivity index (χ2v) is 10.9. The molecular formula is C29H34FN7O3. The van der Waals surface area contributed by atoms with Crippen molar-refractivity contribution in [1.82, 2.24) is 25.1 Å². The van der Waals surface area contributed by atoms with Crippen molar-refractivity contribution in [2.75, 3.05) is 43.1 Å². The van der Waals surface area contributed by atoms with Gasteiger partial charge in [-0.05, 0) is 56.9 Å². The van der Waals surface area contributed by atoms with Gasteiger partial charge in [-0.1, -0.05) is 0 Å². The molecule has 2 saturated heterocycles. The van der Waals surface area contributed by atoms with Crippen LogP contribution in [0.5, 0.6) is 6.01 Å². The molecule has 210 valence electrons. The van der Waals surface area contributed by atoms with Crippen LogP contribution < -0.4 is 20.3 Å². The van der Waals surface area contributed by atoms with E-state index in [4.69, 9.17) is 14.5 Å². The van der Waals surface area contributed by atoms with Crippen molar-refractivity contribution in [2.24, 2.45) is 13.0 Å². The molecule has 2 aliphatic rings. The SMILES string of the molecule is C[C@@H]1CN(c2ccc(C(=O)Nc3cc(F)c4nn(C)cc4c3)c3nc(OCC4CCOCC4)ncc23)C[C@@H](C)N1. The molecule has 4 heterocycles. The van der Waals surface area contributed by atoms with E-state index in [9.17, 15) is 9.18 Å². The fourth-order valence-electron chi connectivity index (χ4n) is 5.73. The van der Waals surface area contributed by atoms with Crippen molar-refractivity contribution in [3.05, 3.63) is 48.0 Å². The number of carbonyl (C=O) groups excluding carboxylic acids is 1. The van der Waals surface area contributed by atoms with Gasteiger partial charge in [-0.3, -0.25) is 9.48 Å². The molecule has 2 atom stereocenters. The monoisotopic (exact) mass is 547 g/mol. The zero-order valence-electron chi connectivity index (χ0n) is 23.0. The molecule has 0 bridgehead atoms. The largest absolute Gasteiger partial charge is 0.463 e. The van der Waals surface area contributed by atoms with Gasteiger partial charge in [-0.15, -0.1) is 0 Å². The number of ether oxygens (including phenoxy) is 2. The van der Waals surface area contributed by atoms with Crippen molar-refractivity contribution >= 4 is 39.1 Å². The van der Waals surface area contributed by atoms with Gasteiger partial charge in [-0.25, -0.2) is 9.37 Å². The Balaban J connectivity index is 1.34. The van der Waals surface area contributed by atoms with Crippen LogP contribution in [0.1, 0.15) is 37.0 Å². The van der Waals surface area contributed by atoms with Crippen LogP contribution in [0.2, 0.25) is 0 Å². The molecule has 0 aliphatic carbocycles. The fraction of sp³-hybridized carbons (Fsp3) is 0.448. The number of carbonyl (C=O) groups is 1. The lowest BCUT2D eigenvalue weighted by Crippen LogP contribution is -2.54. The molecule has 11 heteroatoms. The number of piperazine rings is 1. The number of halogens is 1. The standard InChI is InChI=1S/C29H34FN7O3/c1-17-13-37(14-18(2)32-17)25-5-4-22(28(38)33-21-10-20-15-36(3)35-26(20)24(30)11-21)27-23(25)12-31-29(34-27)40-16-19-6-8-39-9-7-19/h4-5,10-12,15,17-19,32H,6-9,13-14,16H2,1-3H3,(H,33,38)/t17-,18-/m1/s1. The number of fused-ring (bicyclic) bond motifs is 2. The second kappa shape index (κ2) is 11.0. The Labute approximate surface area is 231 Å². The molecule has 1 amide bonds. The minimum atomic E-state index is -0.498. The highest BCUT2D eigenvalue weighted by Crippen LogP contribution is 2.32. The quantitative estimate of drug-likeness (QED) is 0.375. The van der Waals surface area contributed by atoms with E-state index in [1.807, 2.05) is 6.07 Å². The Morgan fingerprint density at radius 1 is 1.18 bits per heavy atom. The number of hydrogen-bond donors (Lipinski definition) is 2. The lowest BCUT2D eigenvalue weighted by atomic mass is 10.0. The van der Waals surface area contributed by atoms with E-state index in [-0.39, 0.29) is 11.5 Å². The number of amides is 1. The average molecular weight is 548 g/mol. The average Bonchev–Trinajstić information content (AvgIpc) is 3.32. The minimum absolute atomic E-state index is 0.232. The van der Waals surface area contributed by atoms with Crippen molar-refractivity contribution in [1.29, 1.82) is 0 Å². The first-order valence-electron chi connectivity index (χ1n) is 13.8. The first kappa shape index (κ1) is 26.4. The van der Waals surface area contributed by atoms with Crippen LogP contribution in [0, 0.1) is 11.7 Å². The van der Waals surface area contributed by atoms with Crippen LogP contribution in [0.25, 0.3) is 21.8 Å². The van der Waals surface area contributed by atoms with Crippen LogP contribution in [-0.4, -0.2) is 70.6 Å². The number of benzene rings is 2. The van der Waals surface area contributed by atoms with Crippen LogP contribution in [-0.2, 0) is 11.8 Å². The molecule has 0 spiro atoms. The topological polar surface area (TPSA) is 106 Å². The summed E-state index contributed by atoms with van der Waals surface area (Å²) in [6.45, 7) is 7.90. The summed E-state index contributed by atoms with van der Waals surface area (Å²) in [6.07, 6.45) is 5.32. The summed E-state index contributed by atoms with van der Waals surface area (Å²) in [5.74, 6) is -0.514. The van der Waals surface area contributed by atoms with E-state index in [2.05, 4.69) is 39.5 Å². The fourth-order valence-corrected chi connectivity index (χ4v) is 5.73. The highest BCUT2D eigenvalue weighted by Gasteiger charge is 2.25. The lowest BCUT2D eigenvalue weighted by molar-refractivity contribution is 0.0483. The van der Waals surface area contributed by atoms with E-state index in [0.29, 0.717) is 46.8 Å². The van der Waals surface area contributed by atoms with Crippen LogP contribution >= 0.6 is 0 Å². The molecule has 4 aromatic rings. The molecule has 2 N–H and O–H groups in total. The summed E-state index contributed by atoms with van der Waals surface area (Å²) in [5.41, 5.74) is 2.42. The third kappa shape index (κ3) is 5.44. The van der Waals surface area contributed by atoms with Crippen molar-refractivity contribution in [3.8, 4) is 6.01 Å². The minimum Gasteiger partial charge on any atom is -0.463 e. The Morgan fingerprint density at radius 3 is 2.73 bits per heavy atom. The Hall–Kier alpha value is -3.83. The maximum Gasteiger partial charge on any atom is 0.316 e. The Kier molecular flexibility index (Phi) is 7.24. The molecule has 10 nitrogen and oxygen atoms in total. The second-order valence-electron chi connectivity index (χ2n) is 10.9. The van der Waals surface area contributed by atoms with E-state index in [0.717, 1.165) is 50.2 Å². The summed E-state index contributed by atoms with van der Waals surface area (Å²) in [6, 6.07) is 7.56. The first-order chi connectivity index (χ1) is 19.3. The number of nitrogens with zero attached hydrogens (tertiary/aromatic N) is 5. The van der Waals surface area contributed by atoms with Gasteiger partial charge >= 0.3 is 6.01 Å². The van der Waals surface area contributed by atoms with Crippen molar-refractivity contribution < 1.29 is 18.7 Å². The van der Waals surface area contributed by atoms with Gasteiger partial charge < -0.3 is 25.0 Å². The highest BCUT2D eigenvalue weighted by atomic mass is 19.1. The molecule has 0 saturated carbocycles. The molecule has 2 aromatic heterocycles. The summed E-state index contributed by atoms with van der Waals surface area (Å²) in [7, 11) is 1.73. The maximum absolute atomic E-state index is 14.7. The van der Waals surface area contributed by atoms with E-state index < -0.39 is 11.7 Å². The number of anilines is 2. The smallest absolute Gasteiger partial charge is 0.316 e. The summed E-state index contributed by atoms with van der Waals surface area (Å²) >= 11 is 0. The molecule has 0 radical (unpaired) electrons. The Bertz CT molecular complexity index is 1540. The predicted molar refractivity (Wildman–Crippen MR) is 151 cm³/mol. The normalized spacial score (nSPS) is 20.2. The van der Waals surface area contributed by atoms with E-state index in [1.165, 1.54) is 6.07 Å². The zero-order chi connectivity index (χ0) is 27.8. The number of rotatable bonds is 6. The predicted octanol–water partition coefficient (Wildman–Crippen LogP) is 3.90. The van der Waals surface area contributed by atoms with E-state index in [1.54, 1.807) is 36.3 Å². The lowest BCUT2D eigenvalue weighted by Gasteiger charge is -2.38. The highest BCUT2D eigenvalue weighted by molar-refractivity contribution is 6.14. The molecule has 2 aliphatic heterocycles. The summed E-state index contributed by atoms with van der Waals surface area (Å²) in [4.78, 5) is 25.1. The molecule has 2 aromatic carbocycles. The van der Waals surface area contributed by atoms with Gasteiger partial charge in [-0.2, -0.15) is 10.1 Å². The number of aryl methyl sites for hydroxylation is 1. The third-order valence-electron chi connectivity index (χ3n) is 7.57. The first-order valence-corrected chi connectivity index (χ1v) is 13.8. The van der Waals surface area contributed by atoms with Gasteiger partial charge in [0.25, 0.3) is 5.91 Å². The number of hydrogen-bond acceptors (Lipinski definition) is 8. The van der Waals surface area contributed by atoms with Gasteiger partial charge in [0.1, 0.15) is 5.52 Å². The van der Waals surface area contributed by atoms with Gasteiger partial charge in [0, 0.05) is 80.0 Å². The summed E-state index contributed by atoms with van der Waals surface area (Å²) < 4.78 is 27.7. The zero-order valence-corrected chi connectivity index (χ0v) is 23.0. The van der Waals surface area contributed by atoms with Crippen molar-refractivity contribution in [3.63, 3.8) is 0 Å². The molecule has 2 fully saturated rings. The van der Waals surface area contributed by atoms with E-state index >= 15 is 0 Å². The maximum atomic E-state index is 14.7. The molecule has 6 rings (SSSR count). The summed E-state index contributed by atoms with van der Waals surface area (Å²) in [5, 5.41) is 11.9. The molecular weight excluding hydrogens is 513 g/mol. The molecule has 40 heavy (non-hydrogen) atoms. The number of nitrogens with one attached hydrogen (secondary N) is 2. The van der Waals surface area contributed by atoms with Crippen molar-refractivity contribution in [2.45, 2.75) is 38.8 Å². The molecule has 0 unspecified atom stereocenters. The van der Waals surface area contributed by atoms with Crippen LogP contribution in [0.3, 0.4) is 0 Å². The van der Waals surface area contributed by atoms with Crippen LogP contribution in [0.4, 0.5) is 15.8 Å². The van der Waals surface area contributed by atoms with Gasteiger partial charge in [0.2, 0.25) is 0 Å². The van der Waals surface area contributed by atoms with Gasteiger partial charge in [0.05, 0.1) is 17.7 Å². The number of aromatic nitrogens is 4. The van der Waals surface area contributed by atoms with Crippen LogP contribution in [0.15, 0.2) is 36.7 Å².